The van der Waals surface area contributed by atoms with Crippen LogP contribution < -0.4 is 10.2 Å². The summed E-state index contributed by atoms with van der Waals surface area (Å²) in [5.41, 5.74) is 1.18. The van der Waals surface area contributed by atoms with Gasteiger partial charge in [0.2, 0.25) is 0 Å². The van der Waals surface area contributed by atoms with E-state index in [0.717, 1.165) is 37.8 Å². The zero-order valence-corrected chi connectivity index (χ0v) is 11.6. The Morgan fingerprint density at radius 2 is 2.00 bits per heavy atom. The van der Waals surface area contributed by atoms with Crippen LogP contribution in [-0.2, 0) is 13.1 Å². The lowest BCUT2D eigenvalue weighted by Gasteiger charge is -2.19. The van der Waals surface area contributed by atoms with Crippen LogP contribution in [0.25, 0.3) is 0 Å². The Morgan fingerprint density at radius 3 is 2.58 bits per heavy atom. The van der Waals surface area contributed by atoms with Crippen molar-refractivity contribution in [3.63, 3.8) is 0 Å². The van der Waals surface area contributed by atoms with E-state index in [0.29, 0.717) is 0 Å². The number of rotatable bonds is 7. The van der Waals surface area contributed by atoms with Crippen molar-refractivity contribution in [1.82, 2.24) is 10.3 Å². The van der Waals surface area contributed by atoms with Gasteiger partial charge in [0, 0.05) is 25.8 Å². The lowest BCUT2D eigenvalue weighted by atomic mass is 10.2. The third kappa shape index (κ3) is 3.83. The van der Waals surface area contributed by atoms with Crippen LogP contribution in [0, 0.1) is 0 Å². The van der Waals surface area contributed by atoms with Crippen molar-refractivity contribution in [3.05, 3.63) is 48.0 Å². The predicted octanol–water partition coefficient (Wildman–Crippen LogP) is 2.81. The Morgan fingerprint density at radius 1 is 1.16 bits per heavy atom. The average molecular weight is 259 g/mol. The molecule has 0 aromatic carbocycles. The first-order valence-corrected chi connectivity index (χ1v) is 6.76. The largest absolute Gasteiger partial charge is 0.468 e. The Kier molecular flexibility index (Phi) is 4.98. The molecule has 0 aliphatic carbocycles. The summed E-state index contributed by atoms with van der Waals surface area (Å²) in [6.07, 6.45) is 3.63. The van der Waals surface area contributed by atoms with Gasteiger partial charge >= 0.3 is 0 Å². The normalized spacial score (nSPS) is 10.6. The molecular formula is C15H21N3O. The van der Waals surface area contributed by atoms with E-state index in [1.807, 2.05) is 18.3 Å². The van der Waals surface area contributed by atoms with Crippen LogP contribution in [0.4, 0.5) is 5.82 Å². The predicted molar refractivity (Wildman–Crippen MR) is 77.0 cm³/mol. The Labute approximate surface area is 114 Å². The molecule has 19 heavy (non-hydrogen) atoms. The average Bonchev–Trinajstić information content (AvgIpc) is 2.95. The molecule has 0 radical (unpaired) electrons. The van der Waals surface area contributed by atoms with Crippen LogP contribution >= 0.6 is 0 Å². The van der Waals surface area contributed by atoms with Crippen molar-refractivity contribution in [3.8, 4) is 0 Å². The summed E-state index contributed by atoms with van der Waals surface area (Å²) in [5, 5.41) is 3.33. The molecule has 2 aromatic heterocycles. The fourth-order valence-corrected chi connectivity index (χ4v) is 2.00. The first-order valence-electron chi connectivity index (χ1n) is 6.76. The van der Waals surface area contributed by atoms with Crippen molar-refractivity contribution in [2.45, 2.75) is 26.9 Å². The minimum Gasteiger partial charge on any atom is -0.468 e. The highest BCUT2D eigenvalue weighted by molar-refractivity contribution is 5.38. The fourth-order valence-electron chi connectivity index (χ4n) is 2.00. The van der Waals surface area contributed by atoms with Gasteiger partial charge in [-0.05, 0) is 37.6 Å². The van der Waals surface area contributed by atoms with E-state index in [9.17, 15) is 0 Å². The maximum Gasteiger partial charge on any atom is 0.128 e. The third-order valence-electron chi connectivity index (χ3n) is 3.11. The van der Waals surface area contributed by atoms with E-state index in [4.69, 9.17) is 4.42 Å². The molecule has 0 unspecified atom stereocenters. The van der Waals surface area contributed by atoms with Gasteiger partial charge in [-0.15, -0.1) is 0 Å². The molecule has 0 atom stereocenters. The highest BCUT2D eigenvalue weighted by Gasteiger charge is 2.03. The first-order chi connectivity index (χ1) is 9.33. The molecule has 0 saturated carbocycles. The van der Waals surface area contributed by atoms with Crippen LogP contribution in [0.3, 0.4) is 0 Å². The molecule has 0 bridgehead atoms. The molecule has 2 heterocycles. The monoisotopic (exact) mass is 259 g/mol. The zero-order valence-electron chi connectivity index (χ0n) is 11.6. The second kappa shape index (κ2) is 6.95. The second-order valence-corrected chi connectivity index (χ2v) is 4.38. The minimum absolute atomic E-state index is 0.741. The highest BCUT2D eigenvalue weighted by Crippen LogP contribution is 2.10. The van der Waals surface area contributed by atoms with Crippen LogP contribution in [-0.4, -0.2) is 18.1 Å². The van der Waals surface area contributed by atoms with Crippen LogP contribution in [0.5, 0.6) is 0 Å². The van der Waals surface area contributed by atoms with E-state index in [1.54, 1.807) is 6.26 Å². The number of hydrogen-bond acceptors (Lipinski definition) is 4. The van der Waals surface area contributed by atoms with E-state index in [-0.39, 0.29) is 0 Å². The lowest BCUT2D eigenvalue weighted by Crippen LogP contribution is -2.23. The van der Waals surface area contributed by atoms with Crippen molar-refractivity contribution < 1.29 is 4.42 Å². The van der Waals surface area contributed by atoms with Gasteiger partial charge < -0.3 is 14.6 Å². The first kappa shape index (κ1) is 13.6. The van der Waals surface area contributed by atoms with Crippen molar-refractivity contribution in [1.29, 1.82) is 0 Å². The van der Waals surface area contributed by atoms with Crippen molar-refractivity contribution in [2.24, 2.45) is 0 Å². The maximum absolute atomic E-state index is 5.27. The van der Waals surface area contributed by atoms with E-state index in [1.165, 1.54) is 5.56 Å². The summed E-state index contributed by atoms with van der Waals surface area (Å²) < 4.78 is 5.27. The fraction of sp³-hybridized carbons (Fsp3) is 0.400. The topological polar surface area (TPSA) is 41.3 Å². The van der Waals surface area contributed by atoms with Crippen LogP contribution in [0.1, 0.15) is 25.2 Å². The molecule has 0 spiro atoms. The summed E-state index contributed by atoms with van der Waals surface area (Å²) in [6.45, 7) is 7.80. The molecule has 0 amide bonds. The quantitative estimate of drug-likeness (QED) is 0.830. The number of nitrogens with zero attached hydrogens (tertiary/aromatic N) is 2. The molecule has 4 heteroatoms. The SMILES string of the molecule is CCN(CC)c1ccc(CNCc2ccco2)cn1. The molecule has 0 aliphatic heterocycles. The van der Waals surface area contributed by atoms with Crippen LogP contribution in [0.15, 0.2) is 41.1 Å². The summed E-state index contributed by atoms with van der Waals surface area (Å²) >= 11 is 0. The second-order valence-electron chi connectivity index (χ2n) is 4.38. The molecule has 1 N–H and O–H groups in total. The Hall–Kier alpha value is -1.81. The van der Waals surface area contributed by atoms with Gasteiger partial charge in [-0.2, -0.15) is 0 Å². The van der Waals surface area contributed by atoms with E-state index >= 15 is 0 Å². The highest BCUT2D eigenvalue weighted by atomic mass is 16.3. The molecule has 4 nitrogen and oxygen atoms in total. The van der Waals surface area contributed by atoms with Gasteiger partial charge in [0.15, 0.2) is 0 Å². The van der Waals surface area contributed by atoms with Crippen molar-refractivity contribution >= 4 is 5.82 Å². The van der Waals surface area contributed by atoms with Gasteiger partial charge in [-0.3, -0.25) is 0 Å². The zero-order chi connectivity index (χ0) is 13.5. The Balaban J connectivity index is 1.84. The summed E-state index contributed by atoms with van der Waals surface area (Å²) in [6, 6.07) is 8.07. The standard InChI is InChI=1S/C15H21N3O/c1-3-18(4-2)15-8-7-13(11-17-15)10-16-12-14-6-5-9-19-14/h5-9,11,16H,3-4,10,12H2,1-2H3. The third-order valence-corrected chi connectivity index (χ3v) is 3.11. The molecule has 2 aromatic rings. The molecule has 2 rings (SSSR count). The molecule has 0 aliphatic rings. The number of aromatic nitrogens is 1. The van der Waals surface area contributed by atoms with Gasteiger partial charge in [-0.25, -0.2) is 4.98 Å². The number of hydrogen-bond donors (Lipinski definition) is 1. The molecule has 0 fully saturated rings. The van der Waals surface area contributed by atoms with Crippen LogP contribution in [0.2, 0.25) is 0 Å². The van der Waals surface area contributed by atoms with E-state index in [2.05, 4.69) is 41.2 Å². The Bertz CT molecular complexity index is 461. The smallest absolute Gasteiger partial charge is 0.128 e. The summed E-state index contributed by atoms with van der Waals surface area (Å²) in [4.78, 5) is 6.74. The van der Waals surface area contributed by atoms with Gasteiger partial charge in [-0.1, -0.05) is 6.07 Å². The molecule has 102 valence electrons. The van der Waals surface area contributed by atoms with Crippen molar-refractivity contribution in [2.75, 3.05) is 18.0 Å². The van der Waals surface area contributed by atoms with Gasteiger partial charge in [0.1, 0.15) is 11.6 Å². The van der Waals surface area contributed by atoms with E-state index < -0.39 is 0 Å². The summed E-state index contributed by atoms with van der Waals surface area (Å²) in [7, 11) is 0. The maximum atomic E-state index is 5.27. The number of nitrogens with one attached hydrogen (secondary N) is 1. The number of pyridine rings is 1. The number of anilines is 1. The number of furan rings is 1. The molecule has 0 saturated heterocycles. The van der Waals surface area contributed by atoms with Gasteiger partial charge in [0.05, 0.1) is 12.8 Å². The summed E-state index contributed by atoms with van der Waals surface area (Å²) in [5.74, 6) is 1.99. The lowest BCUT2D eigenvalue weighted by molar-refractivity contribution is 0.483. The van der Waals surface area contributed by atoms with Gasteiger partial charge in [0.25, 0.3) is 0 Å². The molecular weight excluding hydrogens is 238 g/mol. The minimum atomic E-state index is 0.741.